The Labute approximate surface area is 127 Å². The first-order valence-electron chi connectivity index (χ1n) is 7.17. The van der Waals surface area contributed by atoms with Crippen LogP contribution in [0.2, 0.25) is 0 Å². The van der Waals surface area contributed by atoms with Gasteiger partial charge in [0.25, 0.3) is 0 Å². The predicted octanol–water partition coefficient (Wildman–Crippen LogP) is 1.36. The van der Waals surface area contributed by atoms with Crippen LogP contribution in [0.25, 0.3) is 0 Å². The topological polar surface area (TPSA) is 48.5 Å². The highest BCUT2D eigenvalue weighted by Gasteiger charge is 2.31. The summed E-state index contributed by atoms with van der Waals surface area (Å²) >= 11 is 0. The highest BCUT2D eigenvalue weighted by Crippen LogP contribution is 2.29. The number of aromatic nitrogens is 1. The van der Waals surface area contributed by atoms with Crippen LogP contribution in [0.4, 0.5) is 19.0 Å². The Morgan fingerprint density at radius 3 is 2.45 bits per heavy atom. The first kappa shape index (κ1) is 16.5. The summed E-state index contributed by atoms with van der Waals surface area (Å²) in [6.45, 7) is 5.46. The van der Waals surface area contributed by atoms with Gasteiger partial charge in [0.15, 0.2) is 0 Å². The summed E-state index contributed by atoms with van der Waals surface area (Å²) in [5.41, 5.74) is -0.744. The zero-order chi connectivity index (χ0) is 16.2. The van der Waals surface area contributed by atoms with Gasteiger partial charge in [0.1, 0.15) is 5.82 Å². The molecule has 1 aromatic heterocycles. The summed E-state index contributed by atoms with van der Waals surface area (Å²) in [5, 5.41) is 2.74. The van der Waals surface area contributed by atoms with Gasteiger partial charge < -0.3 is 10.2 Å². The van der Waals surface area contributed by atoms with Crippen molar-refractivity contribution in [3.8, 4) is 0 Å². The molecule has 0 saturated carbocycles. The van der Waals surface area contributed by atoms with Crippen LogP contribution in [-0.4, -0.2) is 55.1 Å². The van der Waals surface area contributed by atoms with Gasteiger partial charge in [-0.15, -0.1) is 0 Å². The van der Waals surface area contributed by atoms with Gasteiger partial charge in [-0.3, -0.25) is 9.69 Å². The van der Waals surface area contributed by atoms with E-state index < -0.39 is 11.7 Å². The highest BCUT2D eigenvalue weighted by molar-refractivity contribution is 5.77. The molecule has 2 heterocycles. The summed E-state index contributed by atoms with van der Waals surface area (Å²) in [6.07, 6.45) is -3.51. The maximum atomic E-state index is 12.5. The molecule has 0 aliphatic carbocycles. The van der Waals surface area contributed by atoms with Crippen molar-refractivity contribution in [2.75, 3.05) is 44.2 Å². The molecule has 0 unspecified atom stereocenters. The Morgan fingerprint density at radius 1 is 1.27 bits per heavy atom. The number of piperazine rings is 1. The number of carbonyl (C=O) groups is 1. The third kappa shape index (κ3) is 4.33. The average Bonchev–Trinajstić information content (AvgIpc) is 2.47. The van der Waals surface area contributed by atoms with Crippen molar-refractivity contribution in [2.24, 2.45) is 0 Å². The van der Waals surface area contributed by atoms with Crippen LogP contribution in [0, 0.1) is 0 Å². The number of anilines is 1. The van der Waals surface area contributed by atoms with E-state index in [9.17, 15) is 18.0 Å². The SMILES string of the molecule is CCNC(=O)CN1CCN(c2ccc(C(F)(F)F)cn2)CC1. The normalized spacial score (nSPS) is 16.6. The third-order valence-corrected chi connectivity index (χ3v) is 3.51. The molecule has 0 bridgehead atoms. The smallest absolute Gasteiger partial charge is 0.355 e. The standard InChI is InChI=1S/C14H19F3N4O/c1-2-18-13(22)10-20-5-7-21(8-6-20)12-4-3-11(9-19-12)14(15,16)17/h3-4,9H,2,5-8,10H2,1H3,(H,18,22). The minimum atomic E-state index is -4.36. The second-order valence-electron chi connectivity index (χ2n) is 5.12. The summed E-state index contributed by atoms with van der Waals surface area (Å²) in [5.74, 6) is 0.522. The van der Waals surface area contributed by atoms with E-state index >= 15 is 0 Å². The monoisotopic (exact) mass is 316 g/mol. The lowest BCUT2D eigenvalue weighted by atomic mass is 10.2. The van der Waals surface area contributed by atoms with Crippen molar-refractivity contribution in [1.29, 1.82) is 0 Å². The Balaban J connectivity index is 1.88. The average molecular weight is 316 g/mol. The second-order valence-corrected chi connectivity index (χ2v) is 5.12. The lowest BCUT2D eigenvalue weighted by molar-refractivity contribution is -0.137. The van der Waals surface area contributed by atoms with Crippen LogP contribution in [0.3, 0.4) is 0 Å². The quantitative estimate of drug-likeness (QED) is 0.911. The number of hydrogen-bond donors (Lipinski definition) is 1. The van der Waals surface area contributed by atoms with Crippen LogP contribution in [0.1, 0.15) is 12.5 Å². The molecule has 1 fully saturated rings. The molecule has 1 aliphatic rings. The van der Waals surface area contributed by atoms with Gasteiger partial charge in [-0.05, 0) is 19.1 Å². The van der Waals surface area contributed by atoms with Crippen molar-refractivity contribution >= 4 is 11.7 Å². The first-order valence-corrected chi connectivity index (χ1v) is 7.17. The molecule has 0 atom stereocenters. The maximum absolute atomic E-state index is 12.5. The lowest BCUT2D eigenvalue weighted by Crippen LogP contribution is -2.49. The van der Waals surface area contributed by atoms with E-state index in [0.29, 0.717) is 45.1 Å². The number of halogens is 3. The van der Waals surface area contributed by atoms with Gasteiger partial charge in [-0.2, -0.15) is 13.2 Å². The third-order valence-electron chi connectivity index (χ3n) is 3.51. The number of pyridine rings is 1. The maximum Gasteiger partial charge on any atom is 0.417 e. The summed E-state index contributed by atoms with van der Waals surface area (Å²) < 4.78 is 37.5. The summed E-state index contributed by atoms with van der Waals surface area (Å²) in [7, 11) is 0. The largest absolute Gasteiger partial charge is 0.417 e. The first-order chi connectivity index (χ1) is 10.4. The molecule has 1 aliphatic heterocycles. The van der Waals surface area contributed by atoms with Gasteiger partial charge in [-0.1, -0.05) is 0 Å². The van der Waals surface area contributed by atoms with E-state index in [0.717, 1.165) is 12.3 Å². The van der Waals surface area contributed by atoms with Crippen molar-refractivity contribution in [1.82, 2.24) is 15.2 Å². The van der Waals surface area contributed by atoms with Gasteiger partial charge in [-0.25, -0.2) is 4.98 Å². The van der Waals surface area contributed by atoms with E-state index in [-0.39, 0.29) is 5.91 Å². The molecule has 22 heavy (non-hydrogen) atoms. The molecular formula is C14H19F3N4O. The Hall–Kier alpha value is -1.83. The molecule has 2 rings (SSSR count). The lowest BCUT2D eigenvalue weighted by Gasteiger charge is -2.35. The number of rotatable bonds is 4. The number of carbonyl (C=O) groups excluding carboxylic acids is 1. The van der Waals surface area contributed by atoms with Crippen LogP contribution in [0.15, 0.2) is 18.3 Å². The van der Waals surface area contributed by atoms with Crippen LogP contribution in [-0.2, 0) is 11.0 Å². The van der Waals surface area contributed by atoms with Gasteiger partial charge in [0, 0.05) is 38.9 Å². The second kappa shape index (κ2) is 6.95. The number of alkyl halides is 3. The van der Waals surface area contributed by atoms with Crippen molar-refractivity contribution in [3.05, 3.63) is 23.9 Å². The molecule has 1 amide bonds. The van der Waals surface area contributed by atoms with Gasteiger partial charge in [0.2, 0.25) is 5.91 Å². The van der Waals surface area contributed by atoms with Crippen LogP contribution in [0.5, 0.6) is 0 Å². The number of nitrogens with one attached hydrogen (secondary N) is 1. The number of likely N-dealkylation sites (N-methyl/N-ethyl adjacent to an activating group) is 1. The molecule has 122 valence electrons. The number of amides is 1. The molecular weight excluding hydrogens is 297 g/mol. The zero-order valence-corrected chi connectivity index (χ0v) is 12.4. The fraction of sp³-hybridized carbons (Fsp3) is 0.571. The fourth-order valence-corrected chi connectivity index (χ4v) is 2.33. The molecule has 0 aromatic carbocycles. The molecule has 1 N–H and O–H groups in total. The van der Waals surface area contributed by atoms with E-state index in [2.05, 4.69) is 10.3 Å². The Bertz CT molecular complexity index is 496. The van der Waals surface area contributed by atoms with Gasteiger partial charge >= 0.3 is 6.18 Å². The van der Waals surface area contributed by atoms with Crippen molar-refractivity contribution in [2.45, 2.75) is 13.1 Å². The van der Waals surface area contributed by atoms with E-state index in [4.69, 9.17) is 0 Å². The number of nitrogens with zero attached hydrogens (tertiary/aromatic N) is 3. The van der Waals surface area contributed by atoms with Crippen LogP contribution < -0.4 is 10.2 Å². The van der Waals surface area contributed by atoms with Crippen LogP contribution >= 0.6 is 0 Å². The Morgan fingerprint density at radius 2 is 1.95 bits per heavy atom. The summed E-state index contributed by atoms with van der Waals surface area (Å²) in [6, 6.07) is 2.44. The van der Waals surface area contributed by atoms with E-state index in [1.165, 1.54) is 6.07 Å². The summed E-state index contributed by atoms with van der Waals surface area (Å²) in [4.78, 5) is 19.3. The van der Waals surface area contributed by atoms with Crippen molar-refractivity contribution < 1.29 is 18.0 Å². The molecule has 1 saturated heterocycles. The molecule has 8 heteroatoms. The minimum absolute atomic E-state index is 0.0106. The van der Waals surface area contributed by atoms with Crippen molar-refractivity contribution in [3.63, 3.8) is 0 Å². The minimum Gasteiger partial charge on any atom is -0.355 e. The Kier molecular flexibility index (Phi) is 5.23. The van der Waals surface area contributed by atoms with Gasteiger partial charge in [0.05, 0.1) is 12.1 Å². The van der Waals surface area contributed by atoms with E-state index in [1.807, 2.05) is 16.7 Å². The highest BCUT2D eigenvalue weighted by atomic mass is 19.4. The molecule has 1 aromatic rings. The molecule has 0 radical (unpaired) electrons. The van der Waals surface area contributed by atoms with E-state index in [1.54, 1.807) is 0 Å². The fourth-order valence-electron chi connectivity index (χ4n) is 2.33. The molecule has 0 spiro atoms. The molecule has 5 nitrogen and oxygen atoms in total. The zero-order valence-electron chi connectivity index (χ0n) is 12.4. The number of hydrogen-bond acceptors (Lipinski definition) is 4. The predicted molar refractivity (Wildman–Crippen MR) is 76.6 cm³/mol.